The van der Waals surface area contributed by atoms with Gasteiger partial charge in [-0.1, -0.05) is 11.6 Å². The number of esters is 1. The first-order valence-electron chi connectivity index (χ1n) is 7.61. The van der Waals surface area contributed by atoms with Crippen molar-refractivity contribution in [1.82, 2.24) is 0 Å². The SMILES string of the molecule is COc1ccc(Cl)cc1NC(=O)COC(=O)[C@@H](C)Oc1ccc(F)cc1. The predicted octanol–water partition coefficient (Wildman–Crippen LogP) is 3.44. The molecule has 0 spiro atoms. The highest BCUT2D eigenvalue weighted by atomic mass is 35.5. The zero-order valence-corrected chi connectivity index (χ0v) is 14.9. The molecule has 1 atom stereocenters. The lowest BCUT2D eigenvalue weighted by molar-refractivity contribution is -0.153. The summed E-state index contributed by atoms with van der Waals surface area (Å²) in [4.78, 5) is 23.8. The third kappa shape index (κ3) is 5.63. The molecule has 8 heteroatoms. The van der Waals surface area contributed by atoms with Crippen molar-refractivity contribution in [3.8, 4) is 11.5 Å². The van der Waals surface area contributed by atoms with E-state index in [0.29, 0.717) is 22.2 Å². The maximum absolute atomic E-state index is 12.8. The normalized spacial score (nSPS) is 11.4. The molecule has 0 unspecified atom stereocenters. The lowest BCUT2D eigenvalue weighted by Crippen LogP contribution is -2.29. The van der Waals surface area contributed by atoms with Gasteiger partial charge in [0.1, 0.15) is 17.3 Å². The highest BCUT2D eigenvalue weighted by Gasteiger charge is 2.18. The van der Waals surface area contributed by atoms with Crippen LogP contribution in [0.3, 0.4) is 0 Å². The van der Waals surface area contributed by atoms with Crippen molar-refractivity contribution >= 4 is 29.2 Å². The highest BCUT2D eigenvalue weighted by Crippen LogP contribution is 2.27. The number of carbonyl (C=O) groups is 2. The van der Waals surface area contributed by atoms with Crippen LogP contribution in [-0.4, -0.2) is 31.7 Å². The Balaban J connectivity index is 1.85. The predicted molar refractivity (Wildman–Crippen MR) is 94.1 cm³/mol. The summed E-state index contributed by atoms with van der Waals surface area (Å²) in [5.41, 5.74) is 0.358. The van der Waals surface area contributed by atoms with E-state index in [1.54, 1.807) is 12.1 Å². The molecule has 0 bridgehead atoms. The zero-order valence-electron chi connectivity index (χ0n) is 14.1. The molecule has 0 fully saturated rings. The van der Waals surface area contributed by atoms with E-state index in [9.17, 15) is 14.0 Å². The van der Waals surface area contributed by atoms with Crippen LogP contribution < -0.4 is 14.8 Å². The Labute approximate surface area is 154 Å². The summed E-state index contributed by atoms with van der Waals surface area (Å²) in [6.45, 7) is 0.954. The minimum Gasteiger partial charge on any atom is -0.495 e. The van der Waals surface area contributed by atoms with E-state index in [0.717, 1.165) is 0 Å². The number of amides is 1. The van der Waals surface area contributed by atoms with Gasteiger partial charge < -0.3 is 19.5 Å². The fourth-order valence-electron chi connectivity index (χ4n) is 1.98. The van der Waals surface area contributed by atoms with E-state index in [1.807, 2.05) is 0 Å². The van der Waals surface area contributed by atoms with E-state index >= 15 is 0 Å². The molecule has 0 aliphatic carbocycles. The van der Waals surface area contributed by atoms with Crippen LogP contribution >= 0.6 is 11.6 Å². The Morgan fingerprint density at radius 2 is 1.88 bits per heavy atom. The van der Waals surface area contributed by atoms with E-state index < -0.39 is 30.4 Å². The average molecular weight is 382 g/mol. The molecule has 2 aromatic carbocycles. The number of benzene rings is 2. The van der Waals surface area contributed by atoms with Crippen LogP contribution in [0.4, 0.5) is 10.1 Å². The summed E-state index contributed by atoms with van der Waals surface area (Å²) in [5.74, 6) is -0.984. The highest BCUT2D eigenvalue weighted by molar-refractivity contribution is 6.31. The Bertz CT molecular complexity index is 782. The molecule has 1 N–H and O–H groups in total. The quantitative estimate of drug-likeness (QED) is 0.744. The van der Waals surface area contributed by atoms with Crippen LogP contribution in [0.15, 0.2) is 42.5 Å². The van der Waals surface area contributed by atoms with Crippen molar-refractivity contribution in [3.63, 3.8) is 0 Å². The van der Waals surface area contributed by atoms with Crippen molar-refractivity contribution < 1.29 is 28.2 Å². The number of methoxy groups -OCH3 is 1. The van der Waals surface area contributed by atoms with Gasteiger partial charge in [-0.15, -0.1) is 0 Å². The first-order valence-corrected chi connectivity index (χ1v) is 7.99. The third-order valence-electron chi connectivity index (χ3n) is 3.24. The van der Waals surface area contributed by atoms with E-state index in [1.165, 1.54) is 44.4 Å². The fraction of sp³-hybridized carbons (Fsp3) is 0.222. The van der Waals surface area contributed by atoms with Crippen molar-refractivity contribution in [2.75, 3.05) is 19.0 Å². The molecule has 2 rings (SSSR count). The van der Waals surface area contributed by atoms with Crippen molar-refractivity contribution in [3.05, 3.63) is 53.3 Å². The van der Waals surface area contributed by atoms with E-state index in [-0.39, 0.29) is 0 Å². The minimum absolute atomic E-state index is 0.309. The van der Waals surface area contributed by atoms with Gasteiger partial charge in [-0.3, -0.25) is 4.79 Å². The van der Waals surface area contributed by atoms with Gasteiger partial charge in [0, 0.05) is 5.02 Å². The summed E-state index contributed by atoms with van der Waals surface area (Å²) in [6.07, 6.45) is -0.964. The number of ether oxygens (including phenoxy) is 3. The minimum atomic E-state index is -0.964. The van der Waals surface area contributed by atoms with Gasteiger partial charge in [0.05, 0.1) is 12.8 Å². The molecule has 0 saturated carbocycles. The van der Waals surface area contributed by atoms with E-state index in [4.69, 9.17) is 25.8 Å². The molecular weight excluding hydrogens is 365 g/mol. The van der Waals surface area contributed by atoms with Crippen LogP contribution in [0.5, 0.6) is 11.5 Å². The molecule has 1 amide bonds. The second-order valence-corrected chi connectivity index (χ2v) is 5.65. The summed E-state index contributed by atoms with van der Waals surface area (Å²) in [7, 11) is 1.45. The number of halogens is 2. The van der Waals surface area contributed by atoms with Crippen LogP contribution in [0.1, 0.15) is 6.92 Å². The topological polar surface area (TPSA) is 73.9 Å². The summed E-state index contributed by atoms with van der Waals surface area (Å²) in [6, 6.07) is 9.92. The lowest BCUT2D eigenvalue weighted by Gasteiger charge is -2.14. The first kappa shape index (κ1) is 19.5. The van der Waals surface area contributed by atoms with Gasteiger partial charge in [0.2, 0.25) is 0 Å². The summed E-state index contributed by atoms with van der Waals surface area (Å²) < 4.78 is 28.2. The largest absolute Gasteiger partial charge is 0.495 e. The molecular formula is C18H17ClFNO5. The molecule has 6 nitrogen and oxygen atoms in total. The Morgan fingerprint density at radius 1 is 1.19 bits per heavy atom. The van der Waals surface area contributed by atoms with Gasteiger partial charge in [-0.25, -0.2) is 9.18 Å². The number of hydrogen-bond donors (Lipinski definition) is 1. The number of anilines is 1. The summed E-state index contributed by atoms with van der Waals surface area (Å²) >= 11 is 5.88. The van der Waals surface area contributed by atoms with Crippen LogP contribution in [0.2, 0.25) is 5.02 Å². The zero-order chi connectivity index (χ0) is 19.1. The maximum Gasteiger partial charge on any atom is 0.347 e. The Kier molecular flexibility index (Phi) is 6.80. The Morgan fingerprint density at radius 3 is 2.54 bits per heavy atom. The second-order valence-electron chi connectivity index (χ2n) is 5.21. The number of nitrogens with one attached hydrogen (secondary N) is 1. The number of rotatable bonds is 7. The molecule has 0 heterocycles. The molecule has 0 radical (unpaired) electrons. The molecule has 0 aliphatic rings. The number of hydrogen-bond acceptors (Lipinski definition) is 5. The first-order chi connectivity index (χ1) is 12.4. The molecule has 26 heavy (non-hydrogen) atoms. The van der Waals surface area contributed by atoms with Gasteiger partial charge in [-0.2, -0.15) is 0 Å². The van der Waals surface area contributed by atoms with E-state index in [2.05, 4.69) is 5.32 Å². The summed E-state index contributed by atoms with van der Waals surface area (Å²) in [5, 5.41) is 2.96. The van der Waals surface area contributed by atoms with Crippen molar-refractivity contribution in [2.24, 2.45) is 0 Å². The monoisotopic (exact) mass is 381 g/mol. The molecule has 0 aromatic heterocycles. The lowest BCUT2D eigenvalue weighted by atomic mass is 10.3. The fourth-order valence-corrected chi connectivity index (χ4v) is 2.16. The number of carbonyl (C=O) groups excluding carboxylic acids is 2. The Hall–Kier alpha value is -2.80. The van der Waals surface area contributed by atoms with Crippen LogP contribution in [0.25, 0.3) is 0 Å². The van der Waals surface area contributed by atoms with Crippen LogP contribution in [-0.2, 0) is 14.3 Å². The molecule has 138 valence electrons. The molecule has 2 aromatic rings. The van der Waals surface area contributed by atoms with Gasteiger partial charge in [0.25, 0.3) is 5.91 Å². The molecule has 0 aliphatic heterocycles. The maximum atomic E-state index is 12.8. The average Bonchev–Trinajstić information content (AvgIpc) is 2.61. The smallest absolute Gasteiger partial charge is 0.347 e. The molecule has 0 saturated heterocycles. The standard InChI is InChI=1S/C18H17ClFNO5/c1-11(26-14-6-4-13(20)5-7-14)18(23)25-10-17(22)21-15-9-12(19)3-8-16(15)24-2/h3-9,11H,10H2,1-2H3,(H,21,22)/t11-/m1/s1. The van der Waals surface area contributed by atoms with Crippen molar-refractivity contribution in [1.29, 1.82) is 0 Å². The van der Waals surface area contributed by atoms with Gasteiger partial charge in [-0.05, 0) is 49.4 Å². The van der Waals surface area contributed by atoms with Crippen LogP contribution in [0, 0.1) is 5.82 Å². The van der Waals surface area contributed by atoms with Gasteiger partial charge in [0.15, 0.2) is 12.7 Å². The third-order valence-corrected chi connectivity index (χ3v) is 3.47. The second kappa shape index (κ2) is 9.05. The van der Waals surface area contributed by atoms with Gasteiger partial charge >= 0.3 is 5.97 Å². The van der Waals surface area contributed by atoms with Crippen molar-refractivity contribution in [2.45, 2.75) is 13.0 Å².